The lowest BCUT2D eigenvalue weighted by Gasteiger charge is -2.49. The molecule has 372 valence electrons. The molecule has 5 aliphatic rings. The van der Waals surface area contributed by atoms with Gasteiger partial charge in [0.25, 0.3) is 0 Å². The predicted octanol–water partition coefficient (Wildman–Crippen LogP) is 6.06. The molecule has 0 radical (unpaired) electrons. The molecule has 0 unspecified atom stereocenters. The van der Waals surface area contributed by atoms with E-state index in [-0.39, 0.29) is 38.0 Å². The van der Waals surface area contributed by atoms with Gasteiger partial charge in [0.05, 0.1) is 47.9 Å². The fourth-order valence-electron chi connectivity index (χ4n) is 11.1. The topological polar surface area (TPSA) is 203 Å². The minimum absolute atomic E-state index is 0.00195. The summed E-state index contributed by atoms with van der Waals surface area (Å²) in [6.07, 6.45) is -10.3. The first-order chi connectivity index (χ1) is 30.9. The second-order valence-corrected chi connectivity index (χ2v) is 20.0. The molecule has 1 aromatic carbocycles. The molecule has 2 bridgehead atoms. The van der Waals surface area contributed by atoms with E-state index < -0.39 is 126 Å². The van der Waals surface area contributed by atoms with Crippen molar-refractivity contribution in [2.75, 3.05) is 21.2 Å². The summed E-state index contributed by atoms with van der Waals surface area (Å²) in [7, 11) is 5.27. The van der Waals surface area contributed by atoms with Crippen molar-refractivity contribution in [1.29, 1.82) is 0 Å². The van der Waals surface area contributed by atoms with Gasteiger partial charge < -0.3 is 66.8 Å². The van der Waals surface area contributed by atoms with E-state index in [1.807, 2.05) is 77.0 Å². The number of esters is 2. The van der Waals surface area contributed by atoms with Gasteiger partial charge in [-0.1, -0.05) is 58.0 Å². The Kier molecular flexibility index (Phi) is 15.8. The van der Waals surface area contributed by atoms with Crippen molar-refractivity contribution in [3.63, 3.8) is 0 Å². The molecule has 0 spiro atoms. The summed E-state index contributed by atoms with van der Waals surface area (Å²) in [5.41, 5.74) is -3.27. The molecule has 1 N–H and O–H groups in total. The van der Waals surface area contributed by atoms with Crippen LogP contribution in [0.25, 0.3) is 0 Å². The number of carbonyl (C=O) groups excluding carboxylic acids is 4. The molecule has 18 heteroatoms. The molecule has 5 aliphatic heterocycles. The van der Waals surface area contributed by atoms with Crippen LogP contribution in [0.5, 0.6) is 0 Å². The maximum atomic E-state index is 14.7. The molecule has 5 saturated heterocycles. The third-order valence-corrected chi connectivity index (χ3v) is 14.7. The number of fused-ring (bicyclic) bond motifs is 3. The molecule has 0 amide bonds. The Hall–Kier alpha value is -3.62. The molecule has 5 fully saturated rings. The summed E-state index contributed by atoms with van der Waals surface area (Å²) in [5.74, 6) is -6.48. The molecule has 6 rings (SSSR count). The van der Waals surface area contributed by atoms with Gasteiger partial charge in [0, 0.05) is 32.3 Å². The van der Waals surface area contributed by atoms with Crippen LogP contribution in [0.3, 0.4) is 0 Å². The zero-order valence-electron chi connectivity index (χ0n) is 41.0. The highest BCUT2D eigenvalue weighted by molar-refractivity contribution is 5.73. The molecule has 0 aliphatic carbocycles. The summed E-state index contributed by atoms with van der Waals surface area (Å²) in [6, 6.07) is 8.90. The number of rotatable bonds is 11. The normalized spacial score (nSPS) is 44.1. The number of cyclic esters (lactones) is 1. The first-order valence-electron chi connectivity index (χ1n) is 23.3. The van der Waals surface area contributed by atoms with Crippen molar-refractivity contribution in [3.05, 3.63) is 35.9 Å². The Bertz CT molecular complexity index is 1870. The van der Waals surface area contributed by atoms with E-state index in [1.54, 1.807) is 41.5 Å². The molecule has 19 atom stereocenters. The quantitative estimate of drug-likeness (QED) is 0.198. The number of carbonyl (C=O) groups is 4. The van der Waals surface area contributed by atoms with E-state index in [0.717, 1.165) is 5.56 Å². The number of hydrogen-bond donors (Lipinski definition) is 1. The summed E-state index contributed by atoms with van der Waals surface area (Å²) in [6.45, 7) is 19.1. The fourth-order valence-corrected chi connectivity index (χ4v) is 11.1. The van der Waals surface area contributed by atoms with Gasteiger partial charge in [0.1, 0.15) is 18.3 Å². The standard InChI is InChI=1S/C48H73NO17/c1-15-34-47(11)39(63-44(53)65-47)29(6)48(54)25(2)22-46(10,66-48)38(62-42-37(59-31(8)50)33(49(12)13)21-26(3)57-42)27(4)36(28(5)41(51)60-34)61-35-23-45(9,55-14)40(30(7)58-35)64-43(52)56-24-32-19-17-16-18-20-32/h16-20,25-30,33-40,42,54H,15,21-24H2,1-14H3/t25-,26-,27+,28-,29-,30-,33+,34-,35+,36+,37-,38-,39-,40-,42+,45+,46+,47-,48+/m1/s1. The van der Waals surface area contributed by atoms with Crippen LogP contribution in [0.2, 0.25) is 0 Å². The van der Waals surface area contributed by atoms with Crippen LogP contribution in [0.15, 0.2) is 30.3 Å². The minimum Gasteiger partial charge on any atom is -0.458 e. The molecule has 5 heterocycles. The Morgan fingerprint density at radius 1 is 0.894 bits per heavy atom. The van der Waals surface area contributed by atoms with Crippen LogP contribution in [0, 0.1) is 23.7 Å². The summed E-state index contributed by atoms with van der Waals surface area (Å²) < 4.78 is 75.3. The third-order valence-electron chi connectivity index (χ3n) is 14.7. The van der Waals surface area contributed by atoms with E-state index in [1.165, 1.54) is 14.0 Å². The van der Waals surface area contributed by atoms with Crippen molar-refractivity contribution < 1.29 is 81.1 Å². The third kappa shape index (κ3) is 10.4. The fraction of sp³-hybridized carbons (Fsp3) is 0.792. The highest BCUT2D eigenvalue weighted by Crippen LogP contribution is 2.54. The van der Waals surface area contributed by atoms with E-state index in [0.29, 0.717) is 6.42 Å². The average molecular weight is 936 g/mol. The van der Waals surface area contributed by atoms with Gasteiger partial charge in [-0.05, 0) is 80.5 Å². The summed E-state index contributed by atoms with van der Waals surface area (Å²) in [5, 5.41) is 12.8. The van der Waals surface area contributed by atoms with E-state index >= 15 is 0 Å². The number of methoxy groups -OCH3 is 1. The Morgan fingerprint density at radius 2 is 1.58 bits per heavy atom. The summed E-state index contributed by atoms with van der Waals surface area (Å²) >= 11 is 0. The minimum atomic E-state index is -1.93. The zero-order chi connectivity index (χ0) is 48.7. The maximum absolute atomic E-state index is 14.7. The van der Waals surface area contributed by atoms with Crippen LogP contribution in [-0.4, -0.2) is 146 Å². The lowest BCUT2D eigenvalue weighted by Crippen LogP contribution is -2.61. The molecular weight excluding hydrogens is 863 g/mol. The van der Waals surface area contributed by atoms with Gasteiger partial charge in [-0.2, -0.15) is 0 Å². The van der Waals surface area contributed by atoms with Gasteiger partial charge in [0.2, 0.25) is 0 Å². The average Bonchev–Trinajstić information content (AvgIpc) is 3.70. The molecule has 0 aromatic heterocycles. The second-order valence-electron chi connectivity index (χ2n) is 20.0. The van der Waals surface area contributed by atoms with Gasteiger partial charge in [-0.15, -0.1) is 0 Å². The van der Waals surface area contributed by atoms with Crippen molar-refractivity contribution in [1.82, 2.24) is 4.90 Å². The van der Waals surface area contributed by atoms with E-state index in [9.17, 15) is 24.3 Å². The van der Waals surface area contributed by atoms with Crippen LogP contribution in [0.4, 0.5) is 9.59 Å². The maximum Gasteiger partial charge on any atom is 0.509 e. The van der Waals surface area contributed by atoms with Crippen LogP contribution >= 0.6 is 0 Å². The molecule has 66 heavy (non-hydrogen) atoms. The monoisotopic (exact) mass is 935 g/mol. The largest absolute Gasteiger partial charge is 0.509 e. The molecular formula is C48H73NO17. The first-order valence-corrected chi connectivity index (χ1v) is 23.3. The van der Waals surface area contributed by atoms with Crippen LogP contribution < -0.4 is 0 Å². The van der Waals surface area contributed by atoms with Crippen molar-refractivity contribution in [2.45, 2.75) is 198 Å². The number of benzene rings is 1. The van der Waals surface area contributed by atoms with Gasteiger partial charge in [-0.3, -0.25) is 9.59 Å². The Balaban J connectivity index is 1.40. The number of ether oxygens (including phenoxy) is 12. The summed E-state index contributed by atoms with van der Waals surface area (Å²) in [4.78, 5) is 55.5. The van der Waals surface area contributed by atoms with E-state index in [4.69, 9.17) is 56.8 Å². The van der Waals surface area contributed by atoms with Gasteiger partial charge in [0.15, 0.2) is 42.3 Å². The number of nitrogens with zero attached hydrogens (tertiary/aromatic N) is 1. The first kappa shape index (κ1) is 51.8. The van der Waals surface area contributed by atoms with Crippen LogP contribution in [0.1, 0.15) is 107 Å². The Morgan fingerprint density at radius 3 is 2.20 bits per heavy atom. The van der Waals surface area contributed by atoms with Crippen molar-refractivity contribution in [3.8, 4) is 0 Å². The molecule has 0 saturated carbocycles. The predicted molar refractivity (Wildman–Crippen MR) is 233 cm³/mol. The Labute approximate surface area is 388 Å². The highest BCUT2D eigenvalue weighted by Gasteiger charge is 2.67. The van der Waals surface area contributed by atoms with E-state index in [2.05, 4.69) is 0 Å². The second kappa shape index (κ2) is 20.2. The lowest BCUT2D eigenvalue weighted by molar-refractivity contribution is -0.338. The van der Waals surface area contributed by atoms with Gasteiger partial charge in [-0.25, -0.2) is 9.59 Å². The number of likely N-dealkylation sites (N-methyl/N-ethyl adjacent to an activating group) is 1. The highest BCUT2D eigenvalue weighted by atomic mass is 16.8. The molecule has 18 nitrogen and oxygen atoms in total. The van der Waals surface area contributed by atoms with Crippen LogP contribution in [-0.2, 0) is 73.0 Å². The van der Waals surface area contributed by atoms with Gasteiger partial charge >= 0.3 is 24.2 Å². The lowest BCUT2D eigenvalue weighted by atomic mass is 9.75. The smallest absolute Gasteiger partial charge is 0.458 e. The SMILES string of the molecule is CC[C@H]1OC(=O)[C@H](C)[C@@H](O[C@H]2C[C@](C)(OC)[C@H](OC(=O)OCc3ccccc3)[C@@H](C)O2)[C@H](C)[C@@H](O[C@@H]2O[C@H](C)C[C@H](N(C)C)[C@H]2OC(C)=O)[C@]2(C)C[C@@H](C)[C@](O)(O2)[C@H](C)[C@H]2OC(=O)O[C@@]21C. The zero-order valence-corrected chi connectivity index (χ0v) is 41.0. The van der Waals surface area contributed by atoms with Crippen molar-refractivity contribution >= 4 is 24.2 Å². The number of aliphatic hydroxyl groups is 1. The van der Waals surface area contributed by atoms with Crippen molar-refractivity contribution in [2.24, 2.45) is 23.7 Å². The number of hydrogen-bond acceptors (Lipinski definition) is 18. The molecule has 1 aromatic rings.